The summed E-state index contributed by atoms with van der Waals surface area (Å²) in [7, 11) is 0. The quantitative estimate of drug-likeness (QED) is 0.811. The minimum atomic E-state index is -1.29. The maximum Gasteiger partial charge on any atom is 0.336 e. The molecule has 0 saturated carbocycles. The predicted octanol–water partition coefficient (Wildman–Crippen LogP) is 2.64. The highest BCUT2D eigenvalue weighted by molar-refractivity contribution is 6.21. The molecule has 4 nitrogen and oxygen atoms in total. The van der Waals surface area contributed by atoms with E-state index in [0.29, 0.717) is 5.56 Å². The van der Waals surface area contributed by atoms with Crippen LogP contribution in [0.15, 0.2) is 18.2 Å². The highest BCUT2D eigenvalue weighted by Gasteiger charge is 2.23. The molecule has 0 atom stereocenters. The van der Waals surface area contributed by atoms with Gasteiger partial charge in [-0.05, 0) is 11.6 Å². The smallest absolute Gasteiger partial charge is 0.336 e. The summed E-state index contributed by atoms with van der Waals surface area (Å²) < 4.78 is 0. The molecule has 0 amide bonds. The summed E-state index contributed by atoms with van der Waals surface area (Å²) in [6.45, 7) is 0. The fourth-order valence-corrected chi connectivity index (χ4v) is 2.20. The second-order valence-electron chi connectivity index (χ2n) is 3.39. The molecule has 17 heavy (non-hydrogen) atoms. The topological polar surface area (TPSA) is 74.6 Å². The van der Waals surface area contributed by atoms with E-state index in [0.717, 1.165) is 0 Å². The van der Waals surface area contributed by atoms with Crippen LogP contribution in [0.1, 0.15) is 32.2 Å². The Morgan fingerprint density at radius 2 is 1.71 bits per heavy atom. The molecule has 0 fully saturated rings. The van der Waals surface area contributed by atoms with Crippen LogP contribution in [0.4, 0.5) is 0 Å². The molecule has 1 rings (SSSR count). The van der Waals surface area contributed by atoms with Crippen molar-refractivity contribution >= 4 is 35.1 Å². The van der Waals surface area contributed by atoms with E-state index >= 15 is 0 Å². The summed E-state index contributed by atoms with van der Waals surface area (Å²) in [4.78, 5) is 22.1. The van der Waals surface area contributed by atoms with Crippen molar-refractivity contribution in [1.82, 2.24) is 0 Å². The fourth-order valence-electron chi connectivity index (χ4n) is 1.53. The molecule has 0 bridgehead atoms. The lowest BCUT2D eigenvalue weighted by atomic mass is 9.93. The SMILES string of the molecule is O=C(O)c1cccc(C(CCl)CCl)c1C(=O)O. The summed E-state index contributed by atoms with van der Waals surface area (Å²) in [6.07, 6.45) is 0. The monoisotopic (exact) mass is 276 g/mol. The van der Waals surface area contributed by atoms with E-state index in [2.05, 4.69) is 0 Å². The standard InChI is InChI=1S/C11H10Cl2O4/c12-4-6(5-13)7-2-1-3-8(10(14)15)9(7)11(16)17/h1-3,6H,4-5H2,(H,14,15)(H,16,17). The van der Waals surface area contributed by atoms with E-state index in [1.54, 1.807) is 0 Å². The van der Waals surface area contributed by atoms with Gasteiger partial charge in [0.2, 0.25) is 0 Å². The molecule has 1 aromatic carbocycles. The lowest BCUT2D eigenvalue weighted by molar-refractivity contribution is 0.0650. The van der Waals surface area contributed by atoms with Gasteiger partial charge in [0.1, 0.15) is 0 Å². The third-order valence-electron chi connectivity index (χ3n) is 2.35. The summed E-state index contributed by atoms with van der Waals surface area (Å²) in [5.41, 5.74) is -0.149. The summed E-state index contributed by atoms with van der Waals surface area (Å²) in [6, 6.07) is 4.26. The molecular weight excluding hydrogens is 267 g/mol. The van der Waals surface area contributed by atoms with Crippen molar-refractivity contribution in [1.29, 1.82) is 0 Å². The zero-order valence-electron chi connectivity index (χ0n) is 8.69. The molecule has 0 spiro atoms. The Morgan fingerprint density at radius 3 is 2.12 bits per heavy atom. The number of hydrogen-bond donors (Lipinski definition) is 2. The minimum Gasteiger partial charge on any atom is -0.478 e. The molecule has 0 saturated heterocycles. The van der Waals surface area contributed by atoms with Crippen LogP contribution in [-0.2, 0) is 0 Å². The first-order chi connectivity index (χ1) is 8.02. The van der Waals surface area contributed by atoms with E-state index in [9.17, 15) is 9.59 Å². The first-order valence-corrected chi connectivity index (χ1v) is 5.81. The average Bonchev–Trinajstić information content (AvgIpc) is 2.30. The summed E-state index contributed by atoms with van der Waals surface area (Å²) >= 11 is 11.4. The van der Waals surface area contributed by atoms with Crippen molar-refractivity contribution in [2.45, 2.75) is 5.92 Å². The number of alkyl halides is 2. The zero-order valence-corrected chi connectivity index (χ0v) is 10.2. The van der Waals surface area contributed by atoms with E-state index in [-0.39, 0.29) is 28.8 Å². The van der Waals surface area contributed by atoms with Gasteiger partial charge >= 0.3 is 11.9 Å². The molecule has 92 valence electrons. The minimum absolute atomic E-state index is 0.132. The van der Waals surface area contributed by atoms with Crippen LogP contribution in [0.5, 0.6) is 0 Å². The van der Waals surface area contributed by atoms with Crippen molar-refractivity contribution in [3.8, 4) is 0 Å². The van der Waals surface area contributed by atoms with Crippen molar-refractivity contribution in [3.63, 3.8) is 0 Å². The molecule has 2 N–H and O–H groups in total. The number of carboxylic acids is 2. The number of rotatable bonds is 5. The summed E-state index contributed by atoms with van der Waals surface area (Å²) in [5.74, 6) is -2.70. The molecule has 0 aliphatic carbocycles. The first-order valence-electron chi connectivity index (χ1n) is 4.74. The van der Waals surface area contributed by atoms with Crippen molar-refractivity contribution < 1.29 is 19.8 Å². The number of hydrogen-bond acceptors (Lipinski definition) is 2. The molecule has 0 heterocycles. The number of carboxylic acid groups (broad SMARTS) is 2. The van der Waals surface area contributed by atoms with Crippen LogP contribution in [0.3, 0.4) is 0 Å². The highest BCUT2D eigenvalue weighted by atomic mass is 35.5. The second kappa shape index (κ2) is 5.89. The van der Waals surface area contributed by atoms with E-state index in [4.69, 9.17) is 33.4 Å². The van der Waals surface area contributed by atoms with Gasteiger partial charge in [-0.3, -0.25) is 0 Å². The molecule has 0 aromatic heterocycles. The Labute approximate surface area is 108 Å². The molecule has 0 radical (unpaired) electrons. The van der Waals surface area contributed by atoms with Crippen LogP contribution >= 0.6 is 23.2 Å². The Hall–Kier alpha value is -1.26. The molecule has 1 aromatic rings. The van der Waals surface area contributed by atoms with Gasteiger partial charge in [-0.1, -0.05) is 12.1 Å². The first kappa shape index (κ1) is 13.8. The van der Waals surface area contributed by atoms with Crippen LogP contribution in [0.25, 0.3) is 0 Å². The van der Waals surface area contributed by atoms with Crippen molar-refractivity contribution in [2.75, 3.05) is 11.8 Å². The van der Waals surface area contributed by atoms with Crippen LogP contribution in [-0.4, -0.2) is 33.9 Å². The van der Waals surface area contributed by atoms with Gasteiger partial charge in [0, 0.05) is 17.7 Å². The normalized spacial score (nSPS) is 10.5. The Balaban J connectivity index is 3.44. The van der Waals surface area contributed by atoms with E-state index < -0.39 is 11.9 Å². The van der Waals surface area contributed by atoms with E-state index in [1.807, 2.05) is 0 Å². The molecule has 0 aliphatic heterocycles. The number of aromatic carboxylic acids is 2. The Kier molecular flexibility index (Phi) is 4.78. The lowest BCUT2D eigenvalue weighted by Gasteiger charge is -2.15. The van der Waals surface area contributed by atoms with E-state index in [1.165, 1.54) is 18.2 Å². The third-order valence-corrected chi connectivity index (χ3v) is 3.10. The van der Waals surface area contributed by atoms with Gasteiger partial charge in [-0.15, -0.1) is 23.2 Å². The lowest BCUT2D eigenvalue weighted by Crippen LogP contribution is -2.15. The van der Waals surface area contributed by atoms with Crippen LogP contribution in [0, 0.1) is 0 Å². The van der Waals surface area contributed by atoms with Crippen molar-refractivity contribution in [2.24, 2.45) is 0 Å². The van der Waals surface area contributed by atoms with Gasteiger partial charge in [0.05, 0.1) is 11.1 Å². The largest absolute Gasteiger partial charge is 0.478 e. The Bertz CT molecular complexity index is 441. The average molecular weight is 277 g/mol. The molecule has 6 heteroatoms. The van der Waals surface area contributed by atoms with Crippen molar-refractivity contribution in [3.05, 3.63) is 34.9 Å². The van der Waals surface area contributed by atoms with Gasteiger partial charge in [0.25, 0.3) is 0 Å². The maximum absolute atomic E-state index is 11.1. The maximum atomic E-state index is 11.1. The highest BCUT2D eigenvalue weighted by Crippen LogP contribution is 2.25. The molecule has 0 aliphatic rings. The Morgan fingerprint density at radius 1 is 1.12 bits per heavy atom. The van der Waals surface area contributed by atoms with Gasteiger partial charge < -0.3 is 10.2 Å². The number of carbonyl (C=O) groups is 2. The van der Waals surface area contributed by atoms with Gasteiger partial charge in [-0.2, -0.15) is 0 Å². The predicted molar refractivity (Wildman–Crippen MR) is 64.5 cm³/mol. The number of benzene rings is 1. The zero-order chi connectivity index (χ0) is 13.0. The van der Waals surface area contributed by atoms with Gasteiger partial charge in [-0.25, -0.2) is 9.59 Å². The second-order valence-corrected chi connectivity index (χ2v) is 4.00. The van der Waals surface area contributed by atoms with Crippen LogP contribution in [0.2, 0.25) is 0 Å². The molecular formula is C11H10Cl2O4. The fraction of sp³-hybridized carbons (Fsp3) is 0.273. The molecule has 0 unspecified atom stereocenters. The summed E-state index contributed by atoms with van der Waals surface area (Å²) in [5, 5.41) is 18.0. The number of halogens is 2. The van der Waals surface area contributed by atoms with Crippen LogP contribution < -0.4 is 0 Å². The van der Waals surface area contributed by atoms with Gasteiger partial charge in [0.15, 0.2) is 0 Å². The third kappa shape index (κ3) is 2.90.